The molecule has 4 aliphatic carbocycles. The Balaban J connectivity index is 1.27. The number of aliphatic imine (C=N–C) groups is 1. The van der Waals surface area contributed by atoms with Crippen LogP contribution in [0.4, 0.5) is 10.1 Å². The molecule has 2 aliphatic heterocycles. The molecule has 204 valence electrons. The Morgan fingerprint density at radius 3 is 2.36 bits per heavy atom. The fourth-order valence-corrected chi connectivity index (χ4v) is 9.42. The van der Waals surface area contributed by atoms with Crippen LogP contribution in [0.1, 0.15) is 62.5 Å². The molecule has 2 heterocycles. The Hall–Kier alpha value is -2.80. The second kappa shape index (κ2) is 9.39. The molecule has 1 saturated heterocycles. The maximum atomic E-state index is 15.5. The van der Waals surface area contributed by atoms with Gasteiger partial charge in [-0.25, -0.2) is 4.39 Å². The lowest BCUT2D eigenvalue weighted by atomic mass is 9.48. The van der Waals surface area contributed by atoms with Crippen molar-refractivity contribution in [1.82, 2.24) is 4.90 Å². The van der Waals surface area contributed by atoms with Gasteiger partial charge in [0.1, 0.15) is 0 Å². The van der Waals surface area contributed by atoms with Crippen LogP contribution in [0.25, 0.3) is 17.2 Å². The van der Waals surface area contributed by atoms with Crippen LogP contribution in [0.2, 0.25) is 0 Å². The summed E-state index contributed by atoms with van der Waals surface area (Å²) in [5.74, 6) is 1.19. The van der Waals surface area contributed by atoms with Gasteiger partial charge < -0.3 is 14.9 Å². The number of nitrogens with zero attached hydrogens (tertiary/aromatic N) is 3. The number of halogens is 1. The van der Waals surface area contributed by atoms with Gasteiger partial charge in [0.2, 0.25) is 0 Å². The Labute approximate surface area is 234 Å². The molecule has 4 bridgehead atoms. The van der Waals surface area contributed by atoms with Crippen molar-refractivity contribution < 1.29 is 14.3 Å². The number of carbonyl (C=O) groups is 1. The van der Waals surface area contributed by atoms with Crippen LogP contribution in [0.5, 0.6) is 5.75 Å². The lowest BCUT2D eigenvalue weighted by molar-refractivity contribution is -0.113. The fourth-order valence-electron chi connectivity index (χ4n) is 8.46. The molecule has 0 radical (unpaired) electrons. The summed E-state index contributed by atoms with van der Waals surface area (Å²) in [5.41, 5.74) is 4.21. The van der Waals surface area contributed by atoms with Gasteiger partial charge in [-0.1, -0.05) is 6.07 Å². The van der Waals surface area contributed by atoms with E-state index in [9.17, 15) is 9.90 Å². The molecule has 1 N–H and O–H groups in total. The average Bonchev–Trinajstić information content (AvgIpc) is 3.55. The predicted molar refractivity (Wildman–Crippen MR) is 156 cm³/mol. The summed E-state index contributed by atoms with van der Waals surface area (Å²) < 4.78 is 15.5. The number of aromatic hydroxyl groups is 1. The molecule has 5 nitrogen and oxygen atoms in total. The molecule has 4 saturated carbocycles. The van der Waals surface area contributed by atoms with E-state index in [-0.39, 0.29) is 17.1 Å². The van der Waals surface area contributed by atoms with E-state index < -0.39 is 5.82 Å². The third-order valence-corrected chi connectivity index (χ3v) is 10.8. The first-order valence-electron chi connectivity index (χ1n) is 14.4. The van der Waals surface area contributed by atoms with E-state index in [1.54, 1.807) is 0 Å². The monoisotopic (exact) mass is 545 g/mol. The van der Waals surface area contributed by atoms with Gasteiger partial charge >= 0.3 is 0 Å². The molecule has 0 unspecified atom stereocenters. The third kappa shape index (κ3) is 4.37. The maximum Gasteiger partial charge on any atom is 0.286 e. The number of rotatable bonds is 4. The number of phenolic OH excluding ortho intramolecular Hbond substituents is 1. The molecule has 0 atom stereocenters. The van der Waals surface area contributed by atoms with Gasteiger partial charge in [-0.05, 0) is 128 Å². The fraction of sp³-hybridized carbons (Fsp3) is 0.500. The lowest BCUT2D eigenvalue weighted by Crippen LogP contribution is -2.48. The Morgan fingerprint density at radius 1 is 1.05 bits per heavy atom. The minimum atomic E-state index is -0.545. The number of hydrogen-bond donors (Lipinski definition) is 1. The van der Waals surface area contributed by atoms with Gasteiger partial charge in [0.05, 0.1) is 4.91 Å². The molecule has 0 aromatic heterocycles. The molecule has 1 amide bonds. The highest BCUT2D eigenvalue weighted by molar-refractivity contribution is 8.18. The number of amides is 1. The first-order chi connectivity index (χ1) is 18.8. The minimum absolute atomic E-state index is 0.121. The highest BCUT2D eigenvalue weighted by atomic mass is 32.2. The summed E-state index contributed by atoms with van der Waals surface area (Å²) in [7, 11) is 3.97. The van der Waals surface area contributed by atoms with Crippen LogP contribution in [0.15, 0.2) is 40.2 Å². The van der Waals surface area contributed by atoms with E-state index >= 15 is 4.39 Å². The van der Waals surface area contributed by atoms with Gasteiger partial charge in [0.25, 0.3) is 5.91 Å². The third-order valence-electron chi connectivity index (χ3n) is 9.77. The van der Waals surface area contributed by atoms with Gasteiger partial charge in [-0.2, -0.15) is 4.99 Å². The van der Waals surface area contributed by atoms with Gasteiger partial charge in [0.15, 0.2) is 16.7 Å². The van der Waals surface area contributed by atoms with Crippen molar-refractivity contribution in [3.63, 3.8) is 0 Å². The zero-order valence-corrected chi connectivity index (χ0v) is 23.6. The molecular formula is C32H36FN3O2S. The van der Waals surface area contributed by atoms with Crippen molar-refractivity contribution in [2.75, 3.05) is 32.1 Å². The molecule has 2 aromatic rings. The molecule has 39 heavy (non-hydrogen) atoms. The minimum Gasteiger partial charge on any atom is -0.505 e. The summed E-state index contributed by atoms with van der Waals surface area (Å²) in [6.07, 6.45) is 11.2. The Bertz CT molecular complexity index is 1370. The van der Waals surface area contributed by atoms with E-state index in [1.807, 2.05) is 43.3 Å². The van der Waals surface area contributed by atoms with Crippen molar-refractivity contribution in [2.45, 2.75) is 56.8 Å². The number of anilines is 1. The number of likely N-dealkylation sites (tertiary alicyclic amines) is 1. The van der Waals surface area contributed by atoms with Crippen molar-refractivity contribution in [2.24, 2.45) is 22.7 Å². The number of thioether (sulfide) groups is 1. The van der Waals surface area contributed by atoms with Crippen LogP contribution in [-0.4, -0.2) is 48.3 Å². The van der Waals surface area contributed by atoms with Gasteiger partial charge in [0, 0.05) is 44.0 Å². The van der Waals surface area contributed by atoms with Crippen LogP contribution in [-0.2, 0) is 10.2 Å². The zero-order valence-electron chi connectivity index (χ0n) is 22.8. The highest BCUT2D eigenvalue weighted by Gasteiger charge is 2.52. The van der Waals surface area contributed by atoms with E-state index in [0.29, 0.717) is 22.7 Å². The lowest BCUT2D eigenvalue weighted by Gasteiger charge is -2.57. The van der Waals surface area contributed by atoms with Crippen LogP contribution < -0.4 is 4.90 Å². The molecule has 8 rings (SSSR count). The normalized spacial score (nSPS) is 30.5. The van der Waals surface area contributed by atoms with Crippen molar-refractivity contribution in [3.05, 3.63) is 52.2 Å². The summed E-state index contributed by atoms with van der Waals surface area (Å²) >= 11 is 1.45. The van der Waals surface area contributed by atoms with Gasteiger partial charge in [-0.3, -0.25) is 4.79 Å². The number of hydrogen-bond acceptors (Lipinski definition) is 5. The molecule has 0 spiro atoms. The summed E-state index contributed by atoms with van der Waals surface area (Å²) in [6, 6.07) is 9.62. The summed E-state index contributed by atoms with van der Waals surface area (Å²) in [4.78, 5) is 21.9. The Kier molecular flexibility index (Phi) is 6.07. The summed E-state index contributed by atoms with van der Waals surface area (Å²) in [5, 5.41) is 11.8. The maximum absolute atomic E-state index is 15.5. The van der Waals surface area contributed by atoms with Gasteiger partial charge in [-0.15, -0.1) is 0 Å². The zero-order chi connectivity index (χ0) is 26.9. The first-order valence-corrected chi connectivity index (χ1v) is 15.2. The second-order valence-corrected chi connectivity index (χ2v) is 13.7. The Morgan fingerprint density at radius 2 is 1.72 bits per heavy atom. The van der Waals surface area contributed by atoms with Crippen LogP contribution in [0.3, 0.4) is 0 Å². The largest absolute Gasteiger partial charge is 0.505 e. The number of benzene rings is 2. The number of phenols is 1. The molecule has 7 heteroatoms. The molecule has 6 aliphatic rings. The van der Waals surface area contributed by atoms with E-state index in [2.05, 4.69) is 16.0 Å². The van der Waals surface area contributed by atoms with E-state index in [0.717, 1.165) is 78.3 Å². The average molecular weight is 546 g/mol. The molecule has 5 fully saturated rings. The first kappa shape index (κ1) is 25.2. The van der Waals surface area contributed by atoms with Crippen molar-refractivity contribution in [1.29, 1.82) is 0 Å². The predicted octanol–water partition coefficient (Wildman–Crippen LogP) is 6.80. The number of amidine groups is 1. The van der Waals surface area contributed by atoms with E-state index in [4.69, 9.17) is 0 Å². The number of carbonyl (C=O) groups excluding carboxylic acids is 1. The van der Waals surface area contributed by atoms with Crippen molar-refractivity contribution >= 4 is 34.6 Å². The molecular weight excluding hydrogens is 509 g/mol. The highest BCUT2D eigenvalue weighted by Crippen LogP contribution is 2.62. The van der Waals surface area contributed by atoms with Crippen LogP contribution >= 0.6 is 11.8 Å². The van der Waals surface area contributed by atoms with E-state index in [1.165, 1.54) is 37.1 Å². The topological polar surface area (TPSA) is 56.1 Å². The smallest absolute Gasteiger partial charge is 0.286 e. The quantitative estimate of drug-likeness (QED) is 0.429. The molecule has 2 aromatic carbocycles. The SMILES string of the molecule is CN(C)c1ccc(/C=C2\SC(N3CCCC3)=NC2=O)cc1-c1cc(F)c(O)c(C23CC4CC(CC(C4)C2)C3)c1. The standard InChI is InChI=1S/C32H36FN3O2S/c1-35(2)27-6-5-19(13-28-30(38)34-31(39-28)36-7-3-4-8-36)12-24(27)23-14-25(29(37)26(33)15-23)32-16-20-9-21(17-32)11-22(10-20)18-32/h5-6,12-15,20-22,37H,3-4,7-11,16-18H2,1-2H3/b28-13-. The summed E-state index contributed by atoms with van der Waals surface area (Å²) in [6.45, 7) is 1.90. The van der Waals surface area contributed by atoms with Crippen molar-refractivity contribution in [3.8, 4) is 16.9 Å². The second-order valence-electron chi connectivity index (χ2n) is 12.7. The van der Waals surface area contributed by atoms with Crippen LogP contribution in [0, 0.1) is 23.6 Å².